The highest BCUT2D eigenvalue weighted by atomic mass is 35.5. The molecular weight excluding hydrogens is 270 g/mol. The number of morpholine rings is 1. The quantitative estimate of drug-likeness (QED) is 0.710. The molecule has 2 N–H and O–H groups in total. The predicted octanol–water partition coefficient (Wildman–Crippen LogP) is -0.229. The first kappa shape index (κ1) is 18.1. The maximum absolute atomic E-state index is 12.2. The van der Waals surface area contributed by atoms with Crippen molar-refractivity contribution >= 4 is 24.2 Å². The van der Waals surface area contributed by atoms with Crippen molar-refractivity contribution < 1.29 is 14.3 Å². The van der Waals surface area contributed by atoms with Crippen LogP contribution in [0.15, 0.2) is 0 Å². The number of amides is 2. The molecule has 0 spiro atoms. The average molecular weight is 294 g/mol. The minimum Gasteiger partial charge on any atom is -0.378 e. The van der Waals surface area contributed by atoms with E-state index in [9.17, 15) is 9.59 Å². The molecular formula is C12H24ClN3O3. The third-order valence-electron chi connectivity index (χ3n) is 2.97. The Bertz CT molecular complexity index is 283. The molecule has 0 aliphatic carbocycles. The zero-order chi connectivity index (χ0) is 13.4. The van der Waals surface area contributed by atoms with Gasteiger partial charge in [0.2, 0.25) is 11.8 Å². The van der Waals surface area contributed by atoms with E-state index in [-0.39, 0.29) is 24.2 Å². The summed E-state index contributed by atoms with van der Waals surface area (Å²) in [6.07, 6.45) is 1.00. The van der Waals surface area contributed by atoms with Crippen molar-refractivity contribution in [1.82, 2.24) is 15.5 Å². The molecule has 0 saturated carbocycles. The Morgan fingerprint density at radius 3 is 2.47 bits per heavy atom. The normalized spacial score (nSPS) is 16.4. The highest BCUT2D eigenvalue weighted by Gasteiger charge is 2.25. The van der Waals surface area contributed by atoms with Crippen molar-refractivity contribution in [2.24, 2.45) is 0 Å². The van der Waals surface area contributed by atoms with Gasteiger partial charge in [-0.25, -0.2) is 0 Å². The summed E-state index contributed by atoms with van der Waals surface area (Å²) in [5.74, 6) is -0.0867. The standard InChI is InChI=1S/C12H23N3O3.ClH/c1-3-10(14-11(16)4-5-13-2)12(17)15-6-8-18-9-7-15;/h10,13H,3-9H2,1-2H3,(H,14,16);1H. The zero-order valence-electron chi connectivity index (χ0n) is 11.6. The lowest BCUT2D eigenvalue weighted by Crippen LogP contribution is -2.51. The van der Waals surface area contributed by atoms with Crippen LogP contribution in [-0.4, -0.2) is 62.7 Å². The van der Waals surface area contributed by atoms with Crippen molar-refractivity contribution in [1.29, 1.82) is 0 Å². The third-order valence-corrected chi connectivity index (χ3v) is 2.97. The molecule has 1 aliphatic rings. The van der Waals surface area contributed by atoms with Crippen LogP contribution < -0.4 is 10.6 Å². The Balaban J connectivity index is 0.00000324. The van der Waals surface area contributed by atoms with Crippen molar-refractivity contribution in [2.75, 3.05) is 39.9 Å². The van der Waals surface area contributed by atoms with E-state index in [2.05, 4.69) is 10.6 Å². The molecule has 1 fully saturated rings. The number of ether oxygens (including phenoxy) is 1. The van der Waals surface area contributed by atoms with Gasteiger partial charge in [0.05, 0.1) is 13.2 Å². The summed E-state index contributed by atoms with van der Waals surface area (Å²) in [5.41, 5.74) is 0. The first-order chi connectivity index (χ1) is 8.69. The lowest BCUT2D eigenvalue weighted by Gasteiger charge is -2.30. The topological polar surface area (TPSA) is 70.7 Å². The Hall–Kier alpha value is -0.850. The van der Waals surface area contributed by atoms with Gasteiger partial charge in [0, 0.05) is 26.1 Å². The minimum absolute atomic E-state index is 0. The SMILES string of the molecule is CCC(NC(=O)CCNC)C(=O)N1CCOCC1.Cl. The van der Waals surface area contributed by atoms with E-state index in [4.69, 9.17) is 4.74 Å². The first-order valence-corrected chi connectivity index (χ1v) is 6.49. The zero-order valence-corrected chi connectivity index (χ0v) is 12.4. The maximum atomic E-state index is 12.2. The summed E-state index contributed by atoms with van der Waals surface area (Å²) in [7, 11) is 1.80. The van der Waals surface area contributed by atoms with Gasteiger partial charge in [0.1, 0.15) is 6.04 Å². The van der Waals surface area contributed by atoms with E-state index >= 15 is 0 Å². The molecule has 0 aromatic carbocycles. The van der Waals surface area contributed by atoms with Gasteiger partial charge in [-0.1, -0.05) is 6.92 Å². The van der Waals surface area contributed by atoms with Crippen molar-refractivity contribution in [2.45, 2.75) is 25.8 Å². The minimum atomic E-state index is -0.410. The fourth-order valence-electron chi connectivity index (χ4n) is 1.85. The van der Waals surface area contributed by atoms with Crippen LogP contribution in [0.5, 0.6) is 0 Å². The molecule has 0 radical (unpaired) electrons. The Morgan fingerprint density at radius 2 is 1.95 bits per heavy atom. The lowest BCUT2D eigenvalue weighted by molar-refractivity contribution is -0.140. The van der Waals surface area contributed by atoms with E-state index in [0.717, 1.165) is 0 Å². The Morgan fingerprint density at radius 1 is 1.32 bits per heavy atom. The monoisotopic (exact) mass is 293 g/mol. The fraction of sp³-hybridized carbons (Fsp3) is 0.833. The van der Waals surface area contributed by atoms with E-state index in [1.807, 2.05) is 6.92 Å². The largest absolute Gasteiger partial charge is 0.378 e. The number of halogens is 1. The molecule has 1 saturated heterocycles. The average Bonchev–Trinajstić information content (AvgIpc) is 2.42. The molecule has 19 heavy (non-hydrogen) atoms. The molecule has 1 aliphatic heterocycles. The van der Waals surface area contributed by atoms with Gasteiger partial charge in [0.15, 0.2) is 0 Å². The second kappa shape index (κ2) is 10.00. The molecule has 2 amide bonds. The van der Waals surface area contributed by atoms with E-state index in [1.165, 1.54) is 0 Å². The number of carbonyl (C=O) groups excluding carboxylic acids is 2. The molecule has 0 aromatic heterocycles. The van der Waals surface area contributed by atoms with E-state index in [1.54, 1.807) is 11.9 Å². The third kappa shape index (κ3) is 6.22. The van der Waals surface area contributed by atoms with E-state index in [0.29, 0.717) is 45.7 Å². The maximum Gasteiger partial charge on any atom is 0.245 e. The van der Waals surface area contributed by atoms with Crippen LogP contribution in [0.2, 0.25) is 0 Å². The Labute approximate surface area is 120 Å². The van der Waals surface area contributed by atoms with Crippen LogP contribution in [0.25, 0.3) is 0 Å². The molecule has 112 valence electrons. The number of hydrogen-bond acceptors (Lipinski definition) is 4. The molecule has 1 rings (SSSR count). The second-order valence-electron chi connectivity index (χ2n) is 4.32. The second-order valence-corrected chi connectivity index (χ2v) is 4.32. The number of carbonyl (C=O) groups is 2. The Kier molecular flexibility index (Phi) is 9.55. The van der Waals surface area contributed by atoms with Crippen LogP contribution in [0.4, 0.5) is 0 Å². The summed E-state index contributed by atoms with van der Waals surface area (Å²) in [4.78, 5) is 25.6. The molecule has 6 nitrogen and oxygen atoms in total. The first-order valence-electron chi connectivity index (χ1n) is 6.49. The highest BCUT2D eigenvalue weighted by Crippen LogP contribution is 2.03. The summed E-state index contributed by atoms with van der Waals surface area (Å²) in [5, 5.41) is 5.70. The van der Waals surface area contributed by atoms with Crippen LogP contribution >= 0.6 is 12.4 Å². The predicted molar refractivity (Wildman–Crippen MR) is 75.4 cm³/mol. The molecule has 0 bridgehead atoms. The van der Waals surface area contributed by atoms with Gasteiger partial charge in [0.25, 0.3) is 0 Å². The van der Waals surface area contributed by atoms with Gasteiger partial charge in [-0.15, -0.1) is 12.4 Å². The molecule has 1 unspecified atom stereocenters. The van der Waals surface area contributed by atoms with Crippen molar-refractivity contribution in [3.8, 4) is 0 Å². The van der Waals surface area contributed by atoms with Crippen molar-refractivity contribution in [3.05, 3.63) is 0 Å². The van der Waals surface area contributed by atoms with Gasteiger partial charge in [-0.3, -0.25) is 9.59 Å². The van der Waals surface area contributed by atoms with Crippen LogP contribution in [0.3, 0.4) is 0 Å². The molecule has 1 atom stereocenters. The summed E-state index contributed by atoms with van der Waals surface area (Å²) >= 11 is 0. The molecule has 1 heterocycles. The smallest absolute Gasteiger partial charge is 0.245 e. The summed E-state index contributed by atoms with van der Waals surface area (Å²) in [6.45, 7) is 4.91. The molecule has 7 heteroatoms. The number of hydrogen-bond donors (Lipinski definition) is 2. The summed E-state index contributed by atoms with van der Waals surface area (Å²) < 4.78 is 5.21. The number of rotatable bonds is 6. The van der Waals surface area contributed by atoms with Crippen LogP contribution in [0.1, 0.15) is 19.8 Å². The molecule has 0 aromatic rings. The van der Waals surface area contributed by atoms with Gasteiger partial charge in [-0.05, 0) is 13.5 Å². The fourth-order valence-corrected chi connectivity index (χ4v) is 1.85. The number of nitrogens with one attached hydrogen (secondary N) is 2. The van der Waals surface area contributed by atoms with Gasteiger partial charge < -0.3 is 20.3 Å². The summed E-state index contributed by atoms with van der Waals surface area (Å²) in [6, 6.07) is -0.410. The van der Waals surface area contributed by atoms with E-state index < -0.39 is 6.04 Å². The number of nitrogens with zero attached hydrogens (tertiary/aromatic N) is 1. The lowest BCUT2D eigenvalue weighted by atomic mass is 10.1. The van der Waals surface area contributed by atoms with Crippen LogP contribution in [-0.2, 0) is 14.3 Å². The van der Waals surface area contributed by atoms with Crippen molar-refractivity contribution in [3.63, 3.8) is 0 Å². The van der Waals surface area contributed by atoms with Gasteiger partial charge in [-0.2, -0.15) is 0 Å². The van der Waals surface area contributed by atoms with Crippen LogP contribution in [0, 0.1) is 0 Å². The van der Waals surface area contributed by atoms with Gasteiger partial charge >= 0.3 is 0 Å². The highest BCUT2D eigenvalue weighted by molar-refractivity contribution is 5.87.